The van der Waals surface area contributed by atoms with Crippen LogP contribution in [0.4, 0.5) is 5.69 Å². The Morgan fingerprint density at radius 3 is 2.95 bits per heavy atom. The minimum Gasteiger partial charge on any atom is -0.307 e. The van der Waals surface area contributed by atoms with Gasteiger partial charge >= 0.3 is 0 Å². The molecule has 2 nitrogen and oxygen atoms in total. The molecule has 2 heterocycles. The SMILES string of the molecule is CC1Cc2ccccc2N(C(=O)c2cc(S)cs2)C1. The summed E-state index contributed by atoms with van der Waals surface area (Å²) in [5.74, 6) is 0.582. The number of hydrogen-bond donors (Lipinski definition) is 1. The summed E-state index contributed by atoms with van der Waals surface area (Å²) in [6, 6.07) is 10.0. The van der Waals surface area contributed by atoms with E-state index in [0.717, 1.165) is 28.4 Å². The van der Waals surface area contributed by atoms with Gasteiger partial charge in [0.25, 0.3) is 5.91 Å². The van der Waals surface area contributed by atoms with Gasteiger partial charge in [-0.05, 0) is 30.0 Å². The summed E-state index contributed by atoms with van der Waals surface area (Å²) >= 11 is 5.74. The second-order valence-corrected chi connectivity index (χ2v) is 6.45. The fraction of sp³-hybridized carbons (Fsp3) is 0.267. The molecule has 1 amide bonds. The molecule has 1 aliphatic rings. The summed E-state index contributed by atoms with van der Waals surface area (Å²) in [4.78, 5) is 16.1. The van der Waals surface area contributed by atoms with E-state index in [4.69, 9.17) is 0 Å². The third-order valence-electron chi connectivity index (χ3n) is 3.39. The van der Waals surface area contributed by atoms with Crippen molar-refractivity contribution in [3.63, 3.8) is 0 Å². The van der Waals surface area contributed by atoms with Crippen LogP contribution < -0.4 is 4.90 Å². The van der Waals surface area contributed by atoms with Crippen molar-refractivity contribution in [2.24, 2.45) is 5.92 Å². The van der Waals surface area contributed by atoms with Crippen molar-refractivity contribution in [3.8, 4) is 0 Å². The Kier molecular flexibility index (Phi) is 3.37. The largest absolute Gasteiger partial charge is 0.307 e. The van der Waals surface area contributed by atoms with E-state index in [1.807, 2.05) is 34.5 Å². The molecule has 1 aromatic carbocycles. The smallest absolute Gasteiger partial charge is 0.268 e. The normalized spacial score (nSPS) is 18.2. The number of fused-ring (bicyclic) bond motifs is 1. The highest BCUT2D eigenvalue weighted by molar-refractivity contribution is 7.80. The summed E-state index contributed by atoms with van der Waals surface area (Å²) < 4.78 is 0. The summed E-state index contributed by atoms with van der Waals surface area (Å²) in [6.45, 7) is 2.98. The van der Waals surface area contributed by atoms with Gasteiger partial charge in [0.05, 0.1) is 4.88 Å². The number of hydrogen-bond acceptors (Lipinski definition) is 3. The fourth-order valence-corrected chi connectivity index (χ4v) is 3.66. The monoisotopic (exact) mass is 289 g/mol. The van der Waals surface area contributed by atoms with Crippen molar-refractivity contribution in [2.75, 3.05) is 11.4 Å². The van der Waals surface area contributed by atoms with E-state index in [1.165, 1.54) is 16.9 Å². The highest BCUT2D eigenvalue weighted by Gasteiger charge is 2.27. The quantitative estimate of drug-likeness (QED) is 0.790. The molecular formula is C15H15NOS2. The van der Waals surface area contributed by atoms with Crippen molar-refractivity contribution < 1.29 is 4.79 Å². The lowest BCUT2D eigenvalue weighted by Gasteiger charge is -2.32. The molecule has 0 spiro atoms. The third kappa shape index (κ3) is 2.42. The number of nitrogens with zero attached hydrogens (tertiary/aromatic N) is 1. The average Bonchev–Trinajstić information content (AvgIpc) is 2.83. The number of carbonyl (C=O) groups is 1. The maximum Gasteiger partial charge on any atom is 0.268 e. The van der Waals surface area contributed by atoms with Crippen LogP contribution in [0.15, 0.2) is 40.6 Å². The van der Waals surface area contributed by atoms with Crippen LogP contribution in [0.25, 0.3) is 0 Å². The van der Waals surface area contributed by atoms with Crippen LogP contribution in [0.1, 0.15) is 22.2 Å². The molecule has 19 heavy (non-hydrogen) atoms. The molecule has 1 unspecified atom stereocenters. The van der Waals surface area contributed by atoms with Gasteiger partial charge in [-0.2, -0.15) is 0 Å². The Morgan fingerprint density at radius 1 is 1.42 bits per heavy atom. The highest BCUT2D eigenvalue weighted by atomic mass is 32.1. The molecule has 0 bridgehead atoms. The second kappa shape index (κ2) is 5.02. The number of amides is 1. The van der Waals surface area contributed by atoms with E-state index < -0.39 is 0 Å². The minimum absolute atomic E-state index is 0.0873. The topological polar surface area (TPSA) is 20.3 Å². The number of thiol groups is 1. The first-order chi connectivity index (χ1) is 9.15. The van der Waals surface area contributed by atoms with Crippen LogP contribution >= 0.6 is 24.0 Å². The van der Waals surface area contributed by atoms with E-state index in [2.05, 4.69) is 25.6 Å². The van der Waals surface area contributed by atoms with Crippen LogP contribution in [0.2, 0.25) is 0 Å². The molecule has 0 aliphatic carbocycles. The zero-order chi connectivity index (χ0) is 13.4. The number of anilines is 1. The van der Waals surface area contributed by atoms with E-state index in [0.29, 0.717) is 5.92 Å². The first kappa shape index (κ1) is 12.8. The molecule has 98 valence electrons. The molecule has 1 atom stereocenters. The fourth-order valence-electron chi connectivity index (χ4n) is 2.56. The zero-order valence-electron chi connectivity index (χ0n) is 10.7. The molecule has 0 N–H and O–H groups in total. The summed E-state index contributed by atoms with van der Waals surface area (Å²) in [7, 11) is 0. The highest BCUT2D eigenvalue weighted by Crippen LogP contribution is 2.31. The molecule has 2 aromatic rings. The van der Waals surface area contributed by atoms with E-state index >= 15 is 0 Å². The number of carbonyl (C=O) groups excluding carboxylic acids is 1. The lowest BCUT2D eigenvalue weighted by molar-refractivity contribution is 0.0985. The van der Waals surface area contributed by atoms with Gasteiger partial charge in [0, 0.05) is 22.5 Å². The molecule has 0 radical (unpaired) electrons. The van der Waals surface area contributed by atoms with Crippen LogP contribution in [0.3, 0.4) is 0 Å². The second-order valence-electron chi connectivity index (χ2n) is 5.02. The lowest BCUT2D eigenvalue weighted by Crippen LogP contribution is -2.38. The number of thiophene rings is 1. The molecule has 0 saturated carbocycles. The van der Waals surface area contributed by atoms with Gasteiger partial charge in [-0.25, -0.2) is 0 Å². The predicted octanol–water partition coefficient (Wildman–Crippen LogP) is 3.88. The molecule has 3 rings (SSSR count). The Balaban J connectivity index is 1.99. The Labute approximate surface area is 122 Å². The predicted molar refractivity (Wildman–Crippen MR) is 82.6 cm³/mol. The van der Waals surface area contributed by atoms with Gasteiger partial charge in [-0.3, -0.25) is 4.79 Å². The van der Waals surface area contributed by atoms with Gasteiger partial charge in [-0.1, -0.05) is 25.1 Å². The third-order valence-corrected chi connectivity index (χ3v) is 4.74. The van der Waals surface area contributed by atoms with Gasteiger partial charge in [0.1, 0.15) is 0 Å². The maximum atomic E-state index is 12.6. The van der Waals surface area contributed by atoms with Crippen molar-refractivity contribution in [1.82, 2.24) is 0 Å². The van der Waals surface area contributed by atoms with Crippen molar-refractivity contribution >= 4 is 35.6 Å². The molecule has 0 fully saturated rings. The summed E-state index contributed by atoms with van der Waals surface area (Å²) in [5.41, 5.74) is 2.32. The first-order valence-electron chi connectivity index (χ1n) is 6.32. The molecule has 4 heteroatoms. The van der Waals surface area contributed by atoms with Crippen LogP contribution in [0.5, 0.6) is 0 Å². The van der Waals surface area contributed by atoms with Crippen LogP contribution in [-0.4, -0.2) is 12.5 Å². The van der Waals surface area contributed by atoms with E-state index in [9.17, 15) is 4.79 Å². The van der Waals surface area contributed by atoms with Crippen molar-refractivity contribution in [2.45, 2.75) is 18.2 Å². The summed E-state index contributed by atoms with van der Waals surface area (Å²) in [5, 5.41) is 1.90. The van der Waals surface area contributed by atoms with E-state index in [-0.39, 0.29) is 5.91 Å². The summed E-state index contributed by atoms with van der Waals surface area (Å²) in [6.07, 6.45) is 1.04. The zero-order valence-corrected chi connectivity index (χ0v) is 12.4. The van der Waals surface area contributed by atoms with Crippen molar-refractivity contribution in [3.05, 3.63) is 46.2 Å². The Bertz CT molecular complexity index is 620. The standard InChI is InChI=1S/C15H15NOS2/c1-10-6-11-4-2-3-5-13(11)16(8-10)15(17)14-7-12(18)9-19-14/h2-5,7,9-10,18H,6,8H2,1H3. The number of para-hydroxylation sites is 1. The van der Waals surface area contributed by atoms with E-state index in [1.54, 1.807) is 0 Å². The molecule has 1 aliphatic heterocycles. The Hall–Kier alpha value is -1.26. The van der Waals surface area contributed by atoms with Gasteiger partial charge in [0.15, 0.2) is 0 Å². The molecule has 1 aromatic heterocycles. The van der Waals surface area contributed by atoms with Crippen LogP contribution in [0, 0.1) is 5.92 Å². The van der Waals surface area contributed by atoms with Crippen molar-refractivity contribution in [1.29, 1.82) is 0 Å². The molecule has 0 saturated heterocycles. The number of rotatable bonds is 1. The minimum atomic E-state index is 0.0873. The maximum absolute atomic E-state index is 12.6. The van der Waals surface area contributed by atoms with Crippen LogP contribution in [-0.2, 0) is 6.42 Å². The first-order valence-corrected chi connectivity index (χ1v) is 7.65. The average molecular weight is 289 g/mol. The number of benzene rings is 1. The van der Waals surface area contributed by atoms with Gasteiger partial charge in [0.2, 0.25) is 0 Å². The lowest BCUT2D eigenvalue weighted by atomic mass is 9.94. The van der Waals surface area contributed by atoms with Gasteiger partial charge < -0.3 is 4.90 Å². The Morgan fingerprint density at radius 2 is 2.21 bits per heavy atom. The van der Waals surface area contributed by atoms with Gasteiger partial charge in [-0.15, -0.1) is 24.0 Å². The molecular weight excluding hydrogens is 274 g/mol.